The predicted molar refractivity (Wildman–Crippen MR) is 63.1 cm³/mol. The summed E-state index contributed by atoms with van der Waals surface area (Å²) in [6, 6.07) is 7.62. The van der Waals surface area contributed by atoms with Crippen molar-refractivity contribution < 1.29 is 4.79 Å². The molecule has 0 heterocycles. The summed E-state index contributed by atoms with van der Waals surface area (Å²) >= 11 is 0. The normalized spacial score (nSPS) is 9.62. The van der Waals surface area contributed by atoms with Crippen molar-refractivity contribution in [1.29, 1.82) is 5.26 Å². The molecule has 0 N–H and O–H groups in total. The summed E-state index contributed by atoms with van der Waals surface area (Å²) in [5.41, 5.74) is 2.92. The van der Waals surface area contributed by atoms with E-state index in [1.165, 1.54) is 10.5 Å². The first kappa shape index (κ1) is 12.3. The van der Waals surface area contributed by atoms with Crippen LogP contribution < -0.4 is 0 Å². The maximum absolute atomic E-state index is 12.0. The molecule has 3 nitrogen and oxygen atoms in total. The van der Waals surface area contributed by atoms with Gasteiger partial charge in [-0.3, -0.25) is 4.79 Å². The number of carbonyl (C=O) groups excluding carboxylic acids is 1. The third-order valence-electron chi connectivity index (χ3n) is 2.68. The maximum Gasteiger partial charge on any atom is 0.254 e. The van der Waals surface area contributed by atoms with E-state index >= 15 is 0 Å². The molecule has 0 aliphatic heterocycles. The highest BCUT2D eigenvalue weighted by atomic mass is 16.2. The Morgan fingerprint density at radius 3 is 2.56 bits per heavy atom. The van der Waals surface area contributed by atoms with Gasteiger partial charge in [0, 0.05) is 12.1 Å². The molecule has 3 heteroatoms. The lowest BCUT2D eigenvalue weighted by atomic mass is 10.1. The van der Waals surface area contributed by atoms with Crippen molar-refractivity contribution in [2.75, 3.05) is 13.1 Å². The van der Waals surface area contributed by atoms with Gasteiger partial charge >= 0.3 is 0 Å². The van der Waals surface area contributed by atoms with Crippen LogP contribution in [0.4, 0.5) is 0 Å². The van der Waals surface area contributed by atoms with Gasteiger partial charge in [-0.2, -0.15) is 5.26 Å². The van der Waals surface area contributed by atoms with E-state index in [0.717, 1.165) is 5.56 Å². The first-order chi connectivity index (χ1) is 7.60. The predicted octanol–water partition coefficient (Wildman–Crippen LogP) is 2.29. The Bertz CT molecular complexity index is 432. The summed E-state index contributed by atoms with van der Waals surface area (Å²) in [6.45, 7) is 6.56. The molecule has 1 rings (SSSR count). The highest BCUT2D eigenvalue weighted by Gasteiger charge is 2.13. The molecular weight excluding hydrogens is 200 g/mol. The van der Waals surface area contributed by atoms with Crippen LogP contribution >= 0.6 is 0 Å². The summed E-state index contributed by atoms with van der Waals surface area (Å²) in [5.74, 6) is -0.0767. The first-order valence-corrected chi connectivity index (χ1v) is 5.33. The van der Waals surface area contributed by atoms with Gasteiger partial charge in [0.1, 0.15) is 6.54 Å². The molecule has 1 aromatic carbocycles. The highest BCUT2D eigenvalue weighted by Crippen LogP contribution is 2.11. The van der Waals surface area contributed by atoms with E-state index in [0.29, 0.717) is 12.1 Å². The zero-order valence-corrected chi connectivity index (χ0v) is 9.95. The van der Waals surface area contributed by atoms with E-state index in [1.54, 1.807) is 0 Å². The molecule has 0 atom stereocenters. The standard InChI is InChI=1S/C13H16N2O/c1-4-15(8-7-14)13(16)12-6-5-10(2)11(3)9-12/h5-6,9H,4,8H2,1-3H3. The fourth-order valence-electron chi connectivity index (χ4n) is 1.47. The Balaban J connectivity index is 2.95. The van der Waals surface area contributed by atoms with E-state index in [4.69, 9.17) is 5.26 Å². The van der Waals surface area contributed by atoms with Crippen LogP contribution in [0.3, 0.4) is 0 Å². The number of nitrogens with zero attached hydrogens (tertiary/aromatic N) is 2. The van der Waals surface area contributed by atoms with Crippen molar-refractivity contribution >= 4 is 5.91 Å². The van der Waals surface area contributed by atoms with Crippen molar-refractivity contribution in [3.8, 4) is 6.07 Å². The number of nitriles is 1. The van der Waals surface area contributed by atoms with E-state index in [-0.39, 0.29) is 12.5 Å². The van der Waals surface area contributed by atoms with Crippen LogP contribution in [0.15, 0.2) is 18.2 Å². The highest BCUT2D eigenvalue weighted by molar-refractivity contribution is 5.94. The molecule has 0 unspecified atom stereocenters. The number of aryl methyl sites for hydroxylation is 2. The van der Waals surface area contributed by atoms with Gasteiger partial charge in [-0.25, -0.2) is 0 Å². The zero-order valence-electron chi connectivity index (χ0n) is 9.95. The minimum Gasteiger partial charge on any atom is -0.326 e. The van der Waals surface area contributed by atoms with Crippen LogP contribution in [0.1, 0.15) is 28.4 Å². The maximum atomic E-state index is 12.0. The second-order valence-corrected chi connectivity index (χ2v) is 3.78. The summed E-state index contributed by atoms with van der Waals surface area (Å²) in [4.78, 5) is 13.5. The largest absolute Gasteiger partial charge is 0.326 e. The molecule has 0 fully saturated rings. The van der Waals surface area contributed by atoms with E-state index < -0.39 is 0 Å². The van der Waals surface area contributed by atoms with Crippen molar-refractivity contribution in [3.05, 3.63) is 34.9 Å². The number of benzene rings is 1. The van der Waals surface area contributed by atoms with E-state index in [2.05, 4.69) is 0 Å². The summed E-state index contributed by atoms with van der Waals surface area (Å²) < 4.78 is 0. The minimum absolute atomic E-state index is 0.0767. The number of rotatable bonds is 3. The molecule has 0 radical (unpaired) electrons. The van der Waals surface area contributed by atoms with Crippen LogP contribution in [0.25, 0.3) is 0 Å². The Kier molecular flexibility index (Phi) is 4.07. The van der Waals surface area contributed by atoms with Gasteiger partial charge < -0.3 is 4.90 Å². The van der Waals surface area contributed by atoms with Crippen molar-refractivity contribution in [2.45, 2.75) is 20.8 Å². The third kappa shape index (κ3) is 2.60. The van der Waals surface area contributed by atoms with Crippen molar-refractivity contribution in [1.82, 2.24) is 4.90 Å². The second-order valence-electron chi connectivity index (χ2n) is 3.78. The van der Waals surface area contributed by atoms with Gasteiger partial charge in [0.15, 0.2) is 0 Å². The smallest absolute Gasteiger partial charge is 0.254 e. The van der Waals surface area contributed by atoms with E-state index in [9.17, 15) is 4.79 Å². The number of hydrogen-bond donors (Lipinski definition) is 0. The number of amides is 1. The van der Waals surface area contributed by atoms with Gasteiger partial charge in [0.2, 0.25) is 0 Å². The summed E-state index contributed by atoms with van der Waals surface area (Å²) in [5, 5.41) is 8.62. The van der Waals surface area contributed by atoms with E-state index in [1.807, 2.05) is 45.0 Å². The molecule has 1 amide bonds. The summed E-state index contributed by atoms with van der Waals surface area (Å²) in [7, 11) is 0. The van der Waals surface area contributed by atoms with Gasteiger partial charge in [-0.15, -0.1) is 0 Å². The molecular formula is C13H16N2O. The fourth-order valence-corrected chi connectivity index (χ4v) is 1.47. The number of carbonyl (C=O) groups is 1. The summed E-state index contributed by atoms with van der Waals surface area (Å²) in [6.07, 6.45) is 0. The lowest BCUT2D eigenvalue weighted by Gasteiger charge is -2.17. The molecule has 0 aliphatic rings. The first-order valence-electron chi connectivity index (χ1n) is 5.33. The lowest BCUT2D eigenvalue weighted by molar-refractivity contribution is 0.0784. The van der Waals surface area contributed by atoms with Crippen LogP contribution in [0.2, 0.25) is 0 Å². The van der Waals surface area contributed by atoms with Crippen LogP contribution in [0.5, 0.6) is 0 Å². The van der Waals surface area contributed by atoms with Crippen LogP contribution in [-0.4, -0.2) is 23.9 Å². The Morgan fingerprint density at radius 2 is 2.06 bits per heavy atom. The monoisotopic (exact) mass is 216 g/mol. The van der Waals surface area contributed by atoms with Crippen molar-refractivity contribution in [2.24, 2.45) is 0 Å². The average Bonchev–Trinajstić information content (AvgIpc) is 2.28. The number of hydrogen-bond acceptors (Lipinski definition) is 2. The van der Waals surface area contributed by atoms with Crippen molar-refractivity contribution in [3.63, 3.8) is 0 Å². The molecule has 0 aromatic heterocycles. The molecule has 16 heavy (non-hydrogen) atoms. The minimum atomic E-state index is -0.0767. The Morgan fingerprint density at radius 1 is 1.38 bits per heavy atom. The lowest BCUT2D eigenvalue weighted by Crippen LogP contribution is -2.31. The van der Waals surface area contributed by atoms with Crippen LogP contribution in [0, 0.1) is 25.2 Å². The third-order valence-corrected chi connectivity index (χ3v) is 2.68. The quantitative estimate of drug-likeness (QED) is 0.727. The molecule has 84 valence electrons. The topological polar surface area (TPSA) is 44.1 Å². The molecule has 0 spiro atoms. The zero-order chi connectivity index (χ0) is 12.1. The fraction of sp³-hybridized carbons (Fsp3) is 0.385. The van der Waals surface area contributed by atoms with Crippen LogP contribution in [-0.2, 0) is 0 Å². The molecule has 0 saturated carbocycles. The van der Waals surface area contributed by atoms with Gasteiger partial charge in [0.05, 0.1) is 6.07 Å². The Labute approximate surface area is 96.3 Å². The SMILES string of the molecule is CCN(CC#N)C(=O)c1ccc(C)c(C)c1. The van der Waals surface area contributed by atoms with Gasteiger partial charge in [-0.1, -0.05) is 6.07 Å². The average molecular weight is 216 g/mol. The Hall–Kier alpha value is -1.82. The molecule has 0 aliphatic carbocycles. The van der Waals surface area contributed by atoms with Gasteiger partial charge in [-0.05, 0) is 44.0 Å². The molecule has 0 saturated heterocycles. The molecule has 1 aromatic rings. The second kappa shape index (κ2) is 5.32. The van der Waals surface area contributed by atoms with Gasteiger partial charge in [0.25, 0.3) is 5.91 Å². The molecule has 0 bridgehead atoms.